The normalized spacial score (nSPS) is 5.50. The van der Waals surface area contributed by atoms with Gasteiger partial charge in [0, 0.05) is 0 Å². The fourth-order valence-electron chi connectivity index (χ4n) is 0. The van der Waals surface area contributed by atoms with Crippen molar-refractivity contribution in [2.75, 3.05) is 0 Å². The van der Waals surface area contributed by atoms with E-state index in [0.29, 0.717) is 0 Å². The van der Waals surface area contributed by atoms with Crippen LogP contribution < -0.4 is 5.90 Å². The minimum atomic E-state index is -1.10. The van der Waals surface area contributed by atoms with Gasteiger partial charge in [-0.05, 0) is 0 Å². The summed E-state index contributed by atoms with van der Waals surface area (Å²) in [7, 11) is 0. The molecule has 0 heterocycles. The molecule has 6 heavy (non-hydrogen) atoms. The van der Waals surface area contributed by atoms with Gasteiger partial charge in [-0.2, -0.15) is 5.90 Å². The Kier molecular flexibility index (Phi) is 8.98. The first kappa shape index (κ1) is 9.74. The van der Waals surface area contributed by atoms with E-state index < -0.39 is 5.09 Å². The first-order valence-electron chi connectivity index (χ1n) is 0.783. The number of hydrogen-bond donors (Lipinski definition) is 1. The molecule has 0 rings (SSSR count). The number of hydrogen-bond acceptors (Lipinski definition) is 4. The van der Waals surface area contributed by atoms with Gasteiger partial charge in [-0.3, -0.25) is 0 Å². The van der Waals surface area contributed by atoms with Crippen LogP contribution in [0.2, 0.25) is 0 Å². The molecule has 0 atom stereocenters. The van der Waals surface area contributed by atoms with Crippen LogP contribution in [0.25, 0.3) is 0 Å². The van der Waals surface area contributed by atoms with Crippen molar-refractivity contribution >= 4 is 0 Å². The van der Waals surface area contributed by atoms with E-state index in [-0.39, 0.29) is 41.7 Å². The maximum absolute atomic E-state index is 8.83. The monoisotopic (exact) mass is 218 g/mol. The standard InChI is InChI=1S/Ce.H2N2O3/c;1-5-2(3)4/h;1H2/q+3;. The van der Waals surface area contributed by atoms with Crippen LogP contribution in [0.1, 0.15) is 0 Å². The zero-order valence-corrected chi connectivity index (χ0v) is 5.89. The third kappa shape index (κ3) is 8.82. The van der Waals surface area contributed by atoms with Crippen molar-refractivity contribution in [1.29, 1.82) is 0 Å². The minimum absolute atomic E-state index is 0. The molecule has 0 aromatic heterocycles. The molecular formula is H2CeN2O3+3. The van der Waals surface area contributed by atoms with E-state index in [2.05, 4.69) is 10.8 Å². The van der Waals surface area contributed by atoms with Crippen LogP contribution in [0.3, 0.4) is 0 Å². The van der Waals surface area contributed by atoms with Crippen molar-refractivity contribution in [2.24, 2.45) is 5.90 Å². The van der Waals surface area contributed by atoms with Gasteiger partial charge in [-0.1, -0.05) is 0 Å². The Morgan fingerprint density at radius 1 is 1.83 bits per heavy atom. The Bertz CT molecular complexity index is 44.1. The average Bonchev–Trinajstić information content (AvgIpc) is 1.38. The third-order valence-electron chi connectivity index (χ3n) is 0.0861. The van der Waals surface area contributed by atoms with E-state index >= 15 is 0 Å². The summed E-state index contributed by atoms with van der Waals surface area (Å²) in [6, 6.07) is 0. The molecule has 6 heteroatoms. The number of rotatable bonds is 1. The zero-order valence-electron chi connectivity index (χ0n) is 2.75. The Hall–Kier alpha value is 0.537. The summed E-state index contributed by atoms with van der Waals surface area (Å²) in [6.07, 6.45) is 0. The van der Waals surface area contributed by atoms with E-state index in [0.717, 1.165) is 0 Å². The van der Waals surface area contributed by atoms with Gasteiger partial charge in [0.15, 0.2) is 0 Å². The third-order valence-corrected chi connectivity index (χ3v) is 0.0861. The summed E-state index contributed by atoms with van der Waals surface area (Å²) in [6.45, 7) is 0. The van der Waals surface area contributed by atoms with Gasteiger partial charge < -0.3 is 0 Å². The maximum atomic E-state index is 8.83. The molecule has 0 unspecified atom stereocenters. The molecule has 5 nitrogen and oxygen atoms in total. The summed E-state index contributed by atoms with van der Waals surface area (Å²) < 4.78 is 0. The van der Waals surface area contributed by atoms with Crippen LogP contribution in [0.4, 0.5) is 0 Å². The SMILES string of the molecule is NO[N+](=O)[O-].[Ce+3]. The molecule has 0 aromatic carbocycles. The second kappa shape index (κ2) is 5.54. The predicted octanol–water partition coefficient (Wildman–Crippen LogP) is -0.932. The van der Waals surface area contributed by atoms with E-state index in [4.69, 9.17) is 10.1 Å². The predicted molar refractivity (Wildman–Crippen MR) is 12.3 cm³/mol. The van der Waals surface area contributed by atoms with Crippen LogP contribution >= 0.6 is 0 Å². The molecule has 2 N–H and O–H groups in total. The zero-order chi connectivity index (χ0) is 4.28. The quantitative estimate of drug-likeness (QED) is 0.455. The van der Waals surface area contributed by atoms with Gasteiger partial charge in [0.2, 0.25) is 0 Å². The van der Waals surface area contributed by atoms with Crippen molar-refractivity contribution in [1.82, 2.24) is 0 Å². The smallest absolute Gasteiger partial charge is 0.223 e. The Morgan fingerprint density at radius 2 is 2.00 bits per heavy atom. The summed E-state index contributed by atoms with van der Waals surface area (Å²) in [5.74, 6) is 3.97. The number of nitrogens with two attached hydrogens (primary N) is 1. The first-order valence-corrected chi connectivity index (χ1v) is 0.783. The van der Waals surface area contributed by atoms with Crippen LogP contribution in [0.15, 0.2) is 0 Å². The Labute approximate surface area is 67.3 Å². The molecule has 0 saturated heterocycles. The molecule has 0 saturated carbocycles. The van der Waals surface area contributed by atoms with Gasteiger partial charge in [0.05, 0.1) is 0 Å². The van der Waals surface area contributed by atoms with Crippen molar-refractivity contribution in [3.05, 3.63) is 10.1 Å². The fourth-order valence-corrected chi connectivity index (χ4v) is 0. The van der Waals surface area contributed by atoms with Crippen LogP contribution in [0.5, 0.6) is 0 Å². The fraction of sp³-hybridized carbons (Fsp3) is 0. The Morgan fingerprint density at radius 3 is 2.00 bits per heavy atom. The van der Waals surface area contributed by atoms with Gasteiger partial charge in [0.25, 0.3) is 0 Å². The molecule has 0 fully saturated rings. The first-order chi connectivity index (χ1) is 2.27. The minimum Gasteiger partial charge on any atom is -0.223 e. The van der Waals surface area contributed by atoms with Gasteiger partial charge in [-0.15, -0.1) is 10.1 Å². The second-order valence-corrected chi connectivity index (χ2v) is 0.329. The van der Waals surface area contributed by atoms with E-state index in [1.54, 1.807) is 0 Å². The van der Waals surface area contributed by atoms with Crippen molar-refractivity contribution in [2.45, 2.75) is 0 Å². The summed E-state index contributed by atoms with van der Waals surface area (Å²) in [5.41, 5.74) is 0. The van der Waals surface area contributed by atoms with Crippen LogP contribution in [0, 0.1) is 51.9 Å². The molecule has 0 spiro atoms. The van der Waals surface area contributed by atoms with Gasteiger partial charge >= 0.3 is 46.8 Å². The van der Waals surface area contributed by atoms with Gasteiger partial charge in [-0.25, -0.2) is 4.94 Å². The summed E-state index contributed by atoms with van der Waals surface area (Å²) in [4.78, 5) is 11.8. The van der Waals surface area contributed by atoms with Gasteiger partial charge in [0.1, 0.15) is 0 Å². The number of nitrogens with zero attached hydrogens (tertiary/aromatic N) is 1. The molecule has 0 aliphatic rings. The maximum Gasteiger partial charge on any atom is 3.00 e. The Balaban J connectivity index is 0. The summed E-state index contributed by atoms with van der Waals surface area (Å²) >= 11 is 0. The molecule has 1 radical (unpaired) electrons. The topological polar surface area (TPSA) is 78.4 Å². The van der Waals surface area contributed by atoms with Crippen molar-refractivity contribution < 1.29 is 51.8 Å². The second-order valence-electron chi connectivity index (χ2n) is 0.329. The average molecular weight is 218 g/mol. The van der Waals surface area contributed by atoms with Crippen LogP contribution in [-0.4, -0.2) is 5.09 Å². The molecule has 0 amide bonds. The molecular weight excluding hydrogens is 216 g/mol. The van der Waals surface area contributed by atoms with E-state index in [9.17, 15) is 0 Å². The van der Waals surface area contributed by atoms with E-state index in [1.807, 2.05) is 0 Å². The molecule has 31 valence electrons. The largest absolute Gasteiger partial charge is 3.00 e. The summed E-state index contributed by atoms with van der Waals surface area (Å²) in [5, 5.41) is 7.73. The van der Waals surface area contributed by atoms with E-state index in [1.165, 1.54) is 0 Å². The van der Waals surface area contributed by atoms with Crippen molar-refractivity contribution in [3.8, 4) is 0 Å². The molecule has 0 bridgehead atoms. The van der Waals surface area contributed by atoms with Crippen LogP contribution in [-0.2, 0) is 4.94 Å². The molecule has 0 aromatic rings. The van der Waals surface area contributed by atoms with Crippen molar-refractivity contribution in [3.63, 3.8) is 0 Å². The molecule has 0 aliphatic carbocycles. The molecule has 0 aliphatic heterocycles.